The van der Waals surface area contributed by atoms with Crippen LogP contribution in [0.3, 0.4) is 0 Å². The van der Waals surface area contributed by atoms with Gasteiger partial charge in [0.2, 0.25) is 5.95 Å². The van der Waals surface area contributed by atoms with Gasteiger partial charge in [0.05, 0.1) is 33.0 Å². The van der Waals surface area contributed by atoms with Gasteiger partial charge in [-0.25, -0.2) is 9.97 Å². The summed E-state index contributed by atoms with van der Waals surface area (Å²) in [4.78, 5) is 49.3. The molecule has 2 atom stereocenters. The summed E-state index contributed by atoms with van der Waals surface area (Å²) in [6, 6.07) is 11.3. The molecule has 1 aliphatic rings. The number of anilines is 1. The average Bonchev–Trinajstić information content (AvgIpc) is 3.84. The number of rotatable bonds is 12. The summed E-state index contributed by atoms with van der Waals surface area (Å²) >= 11 is 1.28. The van der Waals surface area contributed by atoms with Gasteiger partial charge < -0.3 is 23.9 Å². The number of amides is 2. The van der Waals surface area contributed by atoms with Gasteiger partial charge in [-0.2, -0.15) is 5.26 Å². The highest BCUT2D eigenvalue weighted by molar-refractivity contribution is 7.17. The van der Waals surface area contributed by atoms with Crippen molar-refractivity contribution in [2.45, 2.75) is 65.7 Å². The minimum absolute atomic E-state index is 0.0440. The first-order valence-corrected chi connectivity index (χ1v) is 15.9. The quantitative estimate of drug-likeness (QED) is 0.121. The Hall–Kier alpha value is -4.80. The van der Waals surface area contributed by atoms with E-state index in [1.54, 1.807) is 23.2 Å². The Bertz CT molecular complexity index is 1780. The van der Waals surface area contributed by atoms with E-state index >= 15 is 0 Å². The zero-order valence-electron chi connectivity index (χ0n) is 26.3. The number of fused-ring (bicyclic) bond motifs is 1. The van der Waals surface area contributed by atoms with Gasteiger partial charge in [-0.15, -0.1) is 11.3 Å². The first kappa shape index (κ1) is 32.6. The summed E-state index contributed by atoms with van der Waals surface area (Å²) in [6.07, 6.45) is 6.22. The van der Waals surface area contributed by atoms with Crippen molar-refractivity contribution < 1.29 is 23.5 Å². The number of nitriles is 1. The number of ether oxygens (including phenoxy) is 1. The monoisotopic (exact) mass is 643 g/mol. The fourth-order valence-electron chi connectivity index (χ4n) is 5.43. The van der Waals surface area contributed by atoms with Gasteiger partial charge in [-0.05, 0) is 55.0 Å². The molecule has 0 saturated carbocycles. The molecule has 0 aliphatic carbocycles. The molecule has 2 N–H and O–H groups in total. The van der Waals surface area contributed by atoms with Crippen molar-refractivity contribution in [1.82, 2.24) is 24.8 Å². The Labute approximate surface area is 271 Å². The Kier molecular flexibility index (Phi) is 9.99. The van der Waals surface area contributed by atoms with Crippen LogP contribution in [0.25, 0.3) is 21.7 Å². The van der Waals surface area contributed by atoms with Crippen LogP contribution < -0.4 is 10.6 Å². The number of nitrogens with zero attached hydrogens (tertiary/aromatic N) is 5. The smallest absolute Gasteiger partial charge is 0.293 e. The lowest BCUT2D eigenvalue weighted by Gasteiger charge is -2.26. The minimum atomic E-state index is -0.324. The number of nitrogens with one attached hydrogen (secondary N) is 2. The van der Waals surface area contributed by atoms with Crippen LogP contribution in [-0.2, 0) is 27.4 Å². The van der Waals surface area contributed by atoms with E-state index in [0.29, 0.717) is 48.2 Å². The van der Waals surface area contributed by atoms with E-state index in [9.17, 15) is 19.6 Å². The molecule has 3 aromatic heterocycles. The molecule has 13 heteroatoms. The lowest BCUT2D eigenvalue weighted by molar-refractivity contribution is -0.129. The Balaban J connectivity index is 1.44. The van der Waals surface area contributed by atoms with Gasteiger partial charge in [0, 0.05) is 25.7 Å². The third-order valence-electron chi connectivity index (χ3n) is 7.57. The third kappa shape index (κ3) is 7.70. The van der Waals surface area contributed by atoms with E-state index in [-0.39, 0.29) is 41.5 Å². The molecular formula is C33H37N7O5S. The zero-order chi connectivity index (χ0) is 32.8. The van der Waals surface area contributed by atoms with Crippen molar-refractivity contribution in [3.05, 3.63) is 65.0 Å². The first-order chi connectivity index (χ1) is 22.1. The molecule has 46 heavy (non-hydrogen) atoms. The molecule has 1 aliphatic heterocycles. The van der Waals surface area contributed by atoms with Crippen LogP contribution in [-0.4, -0.2) is 63.0 Å². The number of carbonyl (C=O) groups excluding carboxylic acids is 3. The van der Waals surface area contributed by atoms with Crippen molar-refractivity contribution in [3.8, 4) is 16.7 Å². The highest BCUT2D eigenvalue weighted by Gasteiger charge is 2.32. The predicted molar refractivity (Wildman–Crippen MR) is 174 cm³/mol. The number of aromatic nitrogens is 3. The molecule has 1 aromatic carbocycles. The highest BCUT2D eigenvalue weighted by atomic mass is 32.1. The van der Waals surface area contributed by atoms with Crippen LogP contribution in [0.2, 0.25) is 0 Å². The number of hydrogen-bond acceptors (Lipinski definition) is 10. The number of hydrogen-bond donors (Lipinski definition) is 2. The van der Waals surface area contributed by atoms with Crippen molar-refractivity contribution in [3.63, 3.8) is 0 Å². The lowest BCUT2D eigenvalue weighted by Crippen LogP contribution is -2.39. The second kappa shape index (κ2) is 14.1. The topological polar surface area (TPSA) is 155 Å². The summed E-state index contributed by atoms with van der Waals surface area (Å²) < 4.78 is 12.2. The summed E-state index contributed by atoms with van der Waals surface area (Å²) in [7, 11) is 0. The van der Waals surface area contributed by atoms with E-state index in [4.69, 9.17) is 14.1 Å². The number of thiophene rings is 1. The fourth-order valence-corrected chi connectivity index (χ4v) is 6.28. The van der Waals surface area contributed by atoms with Gasteiger partial charge in [0.1, 0.15) is 18.2 Å². The normalized spacial score (nSPS) is 15.9. The maximum atomic E-state index is 13.5. The zero-order valence-corrected chi connectivity index (χ0v) is 27.1. The van der Waals surface area contributed by atoms with E-state index in [0.717, 1.165) is 28.8 Å². The number of allylic oxidation sites excluding steroid dienone is 1. The van der Waals surface area contributed by atoms with Gasteiger partial charge in [-0.1, -0.05) is 32.9 Å². The second-order valence-corrected chi connectivity index (χ2v) is 13.5. The molecule has 0 radical (unpaired) electrons. The number of imidazole rings is 1. The molecular weight excluding hydrogens is 606 g/mol. The Morgan fingerprint density at radius 3 is 2.83 bits per heavy atom. The van der Waals surface area contributed by atoms with E-state index in [1.807, 2.05) is 56.5 Å². The van der Waals surface area contributed by atoms with Crippen LogP contribution in [0.1, 0.15) is 55.8 Å². The minimum Gasteiger partial charge on any atom is -0.466 e. The molecule has 4 heterocycles. The number of likely N-dealkylation sites (tertiary alicyclic amines) is 1. The maximum absolute atomic E-state index is 13.5. The second-order valence-electron chi connectivity index (χ2n) is 12.4. The largest absolute Gasteiger partial charge is 0.466 e. The average molecular weight is 644 g/mol. The van der Waals surface area contributed by atoms with E-state index in [1.165, 1.54) is 17.7 Å². The number of benzene rings is 1. The molecule has 2 amide bonds. The van der Waals surface area contributed by atoms with Gasteiger partial charge in [-0.3, -0.25) is 19.7 Å². The summed E-state index contributed by atoms with van der Waals surface area (Å²) in [5, 5.41) is 16.1. The van der Waals surface area contributed by atoms with Crippen LogP contribution in [0.15, 0.2) is 59.0 Å². The van der Waals surface area contributed by atoms with Crippen molar-refractivity contribution in [2.75, 3.05) is 18.5 Å². The third-order valence-corrected chi connectivity index (χ3v) is 8.67. The molecule has 0 bridgehead atoms. The van der Waals surface area contributed by atoms with Gasteiger partial charge >= 0.3 is 0 Å². The van der Waals surface area contributed by atoms with Crippen LogP contribution in [0.5, 0.6) is 0 Å². The fraction of sp³-hybridized carbons (Fsp3) is 0.394. The Morgan fingerprint density at radius 1 is 1.28 bits per heavy atom. The molecule has 240 valence electrons. The Morgan fingerprint density at radius 2 is 2.11 bits per heavy atom. The van der Waals surface area contributed by atoms with Crippen LogP contribution in [0, 0.1) is 16.7 Å². The van der Waals surface area contributed by atoms with E-state index < -0.39 is 0 Å². The predicted octanol–water partition coefficient (Wildman–Crippen LogP) is 5.14. The maximum Gasteiger partial charge on any atom is 0.293 e. The first-order valence-electron chi connectivity index (χ1n) is 15.1. The summed E-state index contributed by atoms with van der Waals surface area (Å²) in [5.41, 5.74) is 2.26. The van der Waals surface area contributed by atoms with Crippen molar-refractivity contribution in [2.24, 2.45) is 5.41 Å². The van der Waals surface area contributed by atoms with Gasteiger partial charge in [0.15, 0.2) is 12.2 Å². The van der Waals surface area contributed by atoms with Crippen LogP contribution in [0.4, 0.5) is 5.95 Å². The van der Waals surface area contributed by atoms with Gasteiger partial charge in [0.25, 0.3) is 18.3 Å². The number of carbonyl (C=O) groups is 3. The highest BCUT2D eigenvalue weighted by Crippen LogP contribution is 2.30. The lowest BCUT2D eigenvalue weighted by atomic mass is 9.93. The molecule has 0 unspecified atom stereocenters. The standard InChI is InChI=1S/C33H37N7O5S/c1-21(18-44-20-41)36-15-22-7-8-26-25(12-22)37-32(38-30(42)29-10-9-28(46-29)27-16-35-19-45-27)40(26)17-24-6-5-11-39(24)31(43)23(14-34)13-33(2,3)4/h7-10,12-13,16,19-21,24,36H,5-6,11,15,17-18H2,1-4H3,(H,37,38,42)/t21-,24+/m0/s1. The summed E-state index contributed by atoms with van der Waals surface area (Å²) in [5.74, 6) is 0.331. The SMILES string of the molecule is C[C@@H](COC=O)NCc1ccc2c(c1)nc(NC(=O)c1ccc(-c3cnco3)s1)n2C[C@H]1CCCN1C(=O)C(C#N)=CC(C)(C)C. The number of oxazole rings is 1. The molecule has 1 fully saturated rings. The van der Waals surface area contributed by atoms with Crippen molar-refractivity contribution >= 4 is 46.6 Å². The molecule has 12 nitrogen and oxygen atoms in total. The molecule has 4 aromatic rings. The van der Waals surface area contributed by atoms with E-state index in [2.05, 4.69) is 21.7 Å². The summed E-state index contributed by atoms with van der Waals surface area (Å²) in [6.45, 7) is 9.93. The molecule has 0 spiro atoms. The van der Waals surface area contributed by atoms with Crippen molar-refractivity contribution in [1.29, 1.82) is 5.26 Å². The molecule has 1 saturated heterocycles. The molecule has 5 rings (SSSR count). The van der Waals surface area contributed by atoms with Crippen LogP contribution >= 0.6 is 11.3 Å².